The van der Waals surface area contributed by atoms with Gasteiger partial charge in [-0.2, -0.15) is 0 Å². The van der Waals surface area contributed by atoms with Gasteiger partial charge in [0.15, 0.2) is 0 Å². The first-order chi connectivity index (χ1) is 16.7. The van der Waals surface area contributed by atoms with Crippen molar-refractivity contribution in [3.05, 3.63) is 48.8 Å². The molecule has 0 aliphatic heterocycles. The zero-order valence-electron chi connectivity index (χ0n) is 20.4. The normalized spacial score (nSPS) is 14.2. The van der Waals surface area contributed by atoms with Crippen LogP contribution in [0.5, 0.6) is 23.3 Å². The number of oxazole rings is 1. The largest absolute Gasteiger partial charge is 0.493 e. The predicted octanol–water partition coefficient (Wildman–Crippen LogP) is 5.61. The summed E-state index contributed by atoms with van der Waals surface area (Å²) in [5.41, 5.74) is 0.112. The summed E-state index contributed by atoms with van der Waals surface area (Å²) in [5.74, 6) is 3.17. The van der Waals surface area contributed by atoms with Gasteiger partial charge in [0.25, 0.3) is 0 Å². The average molecular weight is 482 g/mol. The van der Waals surface area contributed by atoms with E-state index in [0.29, 0.717) is 29.0 Å². The summed E-state index contributed by atoms with van der Waals surface area (Å²) < 4.78 is 28.1. The van der Waals surface area contributed by atoms with Gasteiger partial charge in [-0.05, 0) is 64.7 Å². The fourth-order valence-corrected chi connectivity index (χ4v) is 3.03. The van der Waals surface area contributed by atoms with Crippen LogP contribution >= 0.6 is 0 Å². The molecular weight excluding hydrogens is 450 g/mol. The maximum absolute atomic E-state index is 11.8. The highest BCUT2D eigenvalue weighted by Gasteiger charge is 2.22. The minimum absolute atomic E-state index is 0.197. The van der Waals surface area contributed by atoms with Gasteiger partial charge in [-0.1, -0.05) is 6.07 Å². The van der Waals surface area contributed by atoms with Crippen LogP contribution in [0.15, 0.2) is 53.2 Å². The van der Waals surface area contributed by atoms with Crippen molar-refractivity contribution in [2.75, 3.05) is 13.2 Å². The number of nitrogens with one attached hydrogen (secondary N) is 1. The van der Waals surface area contributed by atoms with Crippen molar-refractivity contribution in [1.82, 2.24) is 15.3 Å². The maximum atomic E-state index is 11.8. The Hall–Kier alpha value is -3.75. The number of amides is 1. The van der Waals surface area contributed by atoms with Crippen molar-refractivity contribution >= 4 is 6.09 Å². The van der Waals surface area contributed by atoms with Gasteiger partial charge in [0.1, 0.15) is 29.9 Å². The quantitative estimate of drug-likeness (QED) is 0.398. The monoisotopic (exact) mass is 481 g/mol. The van der Waals surface area contributed by atoms with Crippen molar-refractivity contribution < 1.29 is 28.2 Å². The smallest absolute Gasteiger partial charge is 0.407 e. The van der Waals surface area contributed by atoms with Crippen LogP contribution in [0.3, 0.4) is 0 Å². The number of carbonyl (C=O) groups is 1. The third-order valence-corrected chi connectivity index (χ3v) is 4.92. The summed E-state index contributed by atoms with van der Waals surface area (Å²) in [6, 6.07) is 10.8. The van der Waals surface area contributed by atoms with Crippen molar-refractivity contribution in [1.29, 1.82) is 0 Å². The Labute approximate surface area is 204 Å². The molecule has 3 aromatic rings. The number of hydrogen-bond acceptors (Lipinski definition) is 8. The first-order valence-electron chi connectivity index (χ1n) is 11.7. The third kappa shape index (κ3) is 7.91. The third-order valence-electron chi connectivity index (χ3n) is 4.92. The molecule has 186 valence electrons. The van der Waals surface area contributed by atoms with Crippen molar-refractivity contribution in [2.24, 2.45) is 5.92 Å². The summed E-state index contributed by atoms with van der Waals surface area (Å²) in [5, 5.41) is 2.71. The topological polar surface area (TPSA) is 105 Å². The van der Waals surface area contributed by atoms with E-state index in [-0.39, 0.29) is 18.6 Å². The molecule has 9 nitrogen and oxygen atoms in total. The van der Waals surface area contributed by atoms with Crippen LogP contribution in [0.4, 0.5) is 4.79 Å². The minimum atomic E-state index is -0.562. The van der Waals surface area contributed by atoms with Crippen LogP contribution in [0, 0.1) is 5.92 Å². The molecule has 1 aliphatic rings. The molecule has 1 aliphatic carbocycles. The second kappa shape index (κ2) is 10.7. The molecule has 2 aromatic heterocycles. The van der Waals surface area contributed by atoms with Gasteiger partial charge < -0.3 is 28.7 Å². The van der Waals surface area contributed by atoms with Gasteiger partial charge in [-0.15, -0.1) is 0 Å². The summed E-state index contributed by atoms with van der Waals surface area (Å²) in [6.07, 6.45) is 5.08. The number of carbonyl (C=O) groups excluding carboxylic acids is 1. The van der Waals surface area contributed by atoms with E-state index in [1.165, 1.54) is 19.0 Å². The minimum Gasteiger partial charge on any atom is -0.493 e. The number of rotatable bonds is 10. The first-order valence-corrected chi connectivity index (χ1v) is 11.7. The Morgan fingerprint density at radius 3 is 2.63 bits per heavy atom. The lowest BCUT2D eigenvalue weighted by Gasteiger charge is -2.21. The predicted molar refractivity (Wildman–Crippen MR) is 129 cm³/mol. The van der Waals surface area contributed by atoms with Crippen LogP contribution in [0.2, 0.25) is 0 Å². The van der Waals surface area contributed by atoms with Crippen molar-refractivity contribution in [3.63, 3.8) is 0 Å². The fourth-order valence-electron chi connectivity index (χ4n) is 3.03. The van der Waals surface area contributed by atoms with Gasteiger partial charge >= 0.3 is 12.0 Å². The molecule has 1 aromatic carbocycles. The number of alkyl carbamates (subject to hydrolysis) is 1. The summed E-state index contributed by atoms with van der Waals surface area (Å²) >= 11 is 0. The first kappa shape index (κ1) is 24.4. The molecule has 1 N–H and O–H groups in total. The highest BCUT2D eigenvalue weighted by molar-refractivity contribution is 5.68. The van der Waals surface area contributed by atoms with Gasteiger partial charge in [-0.3, -0.25) is 0 Å². The summed E-state index contributed by atoms with van der Waals surface area (Å²) in [7, 11) is 0. The number of nitrogens with zero attached hydrogens (tertiary/aromatic N) is 2. The molecule has 4 rings (SSSR count). The Balaban J connectivity index is 1.27. The van der Waals surface area contributed by atoms with E-state index in [0.717, 1.165) is 12.4 Å². The molecule has 0 saturated heterocycles. The second-order valence-corrected chi connectivity index (χ2v) is 9.56. The molecule has 0 bridgehead atoms. The Morgan fingerprint density at radius 2 is 1.91 bits per heavy atom. The van der Waals surface area contributed by atoms with Crippen LogP contribution in [0.25, 0.3) is 11.5 Å². The number of aromatic nitrogens is 2. The molecular formula is C26H31N3O6. The van der Waals surface area contributed by atoms with Gasteiger partial charge in [0.05, 0.1) is 18.2 Å². The average Bonchev–Trinajstić information content (AvgIpc) is 3.51. The van der Waals surface area contributed by atoms with E-state index in [9.17, 15) is 4.79 Å². The Bertz CT molecular complexity index is 1120. The Kier molecular flexibility index (Phi) is 7.43. The molecule has 9 heteroatoms. The molecule has 0 radical (unpaired) electrons. The van der Waals surface area contributed by atoms with E-state index in [1.807, 2.05) is 24.3 Å². The van der Waals surface area contributed by atoms with Crippen LogP contribution in [0.1, 0.15) is 40.5 Å². The van der Waals surface area contributed by atoms with Crippen LogP contribution in [-0.4, -0.2) is 40.9 Å². The number of ether oxygens (including phenoxy) is 4. The van der Waals surface area contributed by atoms with Gasteiger partial charge in [-0.25, -0.2) is 14.8 Å². The molecule has 1 amide bonds. The highest BCUT2D eigenvalue weighted by Crippen LogP contribution is 2.31. The summed E-state index contributed by atoms with van der Waals surface area (Å²) in [6.45, 7) is 8.17. The standard InChI is InChI=1S/C26H31N3O6/c1-17(29-25(30)35-26(2,3)4)15-32-23-14-28-24(34-23)19-10-11-22(27-13-19)33-21-7-5-6-20(12-21)31-16-18-8-9-18/h5-7,10-14,17-18H,8-9,15-16H2,1-4H3,(H,29,30)/t17-/m0/s1. The number of hydrogen-bond donors (Lipinski definition) is 1. The fraction of sp³-hybridized carbons (Fsp3) is 0.423. The second-order valence-electron chi connectivity index (χ2n) is 9.56. The Morgan fingerprint density at radius 1 is 1.11 bits per heavy atom. The van der Waals surface area contributed by atoms with E-state index in [1.54, 1.807) is 46.0 Å². The molecule has 0 unspecified atom stereocenters. The maximum Gasteiger partial charge on any atom is 0.407 e. The molecule has 0 spiro atoms. The molecule has 35 heavy (non-hydrogen) atoms. The molecule has 1 fully saturated rings. The lowest BCUT2D eigenvalue weighted by Crippen LogP contribution is -2.40. The van der Waals surface area contributed by atoms with Crippen LogP contribution in [-0.2, 0) is 4.74 Å². The number of benzene rings is 1. The van der Waals surface area contributed by atoms with Gasteiger partial charge in [0.2, 0.25) is 11.8 Å². The van der Waals surface area contributed by atoms with Gasteiger partial charge in [0, 0.05) is 18.3 Å². The lowest BCUT2D eigenvalue weighted by atomic mass is 10.2. The van der Waals surface area contributed by atoms with Crippen LogP contribution < -0.4 is 19.5 Å². The zero-order chi connectivity index (χ0) is 24.8. The highest BCUT2D eigenvalue weighted by atomic mass is 16.6. The number of pyridine rings is 1. The lowest BCUT2D eigenvalue weighted by molar-refractivity contribution is 0.0489. The van der Waals surface area contributed by atoms with Crippen molar-refractivity contribution in [3.8, 4) is 34.8 Å². The molecule has 1 atom stereocenters. The molecule has 2 heterocycles. The summed E-state index contributed by atoms with van der Waals surface area (Å²) in [4.78, 5) is 20.4. The van der Waals surface area contributed by atoms with E-state index < -0.39 is 11.7 Å². The molecule has 1 saturated carbocycles. The van der Waals surface area contributed by atoms with Crippen molar-refractivity contribution in [2.45, 2.75) is 52.2 Å². The van der Waals surface area contributed by atoms with E-state index >= 15 is 0 Å². The van der Waals surface area contributed by atoms with E-state index in [4.69, 9.17) is 23.4 Å². The zero-order valence-corrected chi connectivity index (χ0v) is 20.4. The van der Waals surface area contributed by atoms with E-state index in [2.05, 4.69) is 15.3 Å². The SMILES string of the molecule is C[C@@H](COc1cnc(-c2ccc(Oc3cccc(OCC4CC4)c3)nc2)o1)NC(=O)OC(C)(C)C.